The van der Waals surface area contributed by atoms with E-state index in [9.17, 15) is 5.11 Å². The van der Waals surface area contributed by atoms with Crippen LogP contribution in [0.3, 0.4) is 0 Å². The second-order valence-corrected chi connectivity index (χ2v) is 4.47. The van der Waals surface area contributed by atoms with Gasteiger partial charge in [-0.25, -0.2) is 4.98 Å². The van der Waals surface area contributed by atoms with Gasteiger partial charge in [0.05, 0.1) is 11.8 Å². The SMILES string of the molecule is CC(C)c1nc2c(n1C)CC(O)CC2. The van der Waals surface area contributed by atoms with E-state index in [1.807, 2.05) is 0 Å². The van der Waals surface area contributed by atoms with E-state index in [2.05, 4.69) is 30.4 Å². The average molecular weight is 194 g/mol. The van der Waals surface area contributed by atoms with Crippen LogP contribution in [0.1, 0.15) is 43.4 Å². The highest BCUT2D eigenvalue weighted by molar-refractivity contribution is 5.22. The van der Waals surface area contributed by atoms with E-state index in [0.29, 0.717) is 5.92 Å². The fraction of sp³-hybridized carbons (Fsp3) is 0.727. The van der Waals surface area contributed by atoms with Gasteiger partial charge in [-0.3, -0.25) is 0 Å². The van der Waals surface area contributed by atoms with Crippen LogP contribution in [0.25, 0.3) is 0 Å². The summed E-state index contributed by atoms with van der Waals surface area (Å²) in [4.78, 5) is 4.64. The monoisotopic (exact) mass is 194 g/mol. The molecule has 0 aliphatic heterocycles. The first-order chi connectivity index (χ1) is 6.59. The lowest BCUT2D eigenvalue weighted by Gasteiger charge is -2.17. The van der Waals surface area contributed by atoms with Gasteiger partial charge in [-0.2, -0.15) is 0 Å². The third-order valence-corrected chi connectivity index (χ3v) is 2.99. The lowest BCUT2D eigenvalue weighted by atomic mass is 9.98. The third kappa shape index (κ3) is 1.46. The minimum atomic E-state index is -0.169. The van der Waals surface area contributed by atoms with Crippen molar-refractivity contribution in [2.45, 2.75) is 45.1 Å². The van der Waals surface area contributed by atoms with Crippen molar-refractivity contribution in [3.63, 3.8) is 0 Å². The number of aromatic nitrogens is 2. The van der Waals surface area contributed by atoms with Crippen LogP contribution in [-0.2, 0) is 19.9 Å². The molecule has 1 aliphatic rings. The highest BCUT2D eigenvalue weighted by Crippen LogP contribution is 2.24. The first kappa shape index (κ1) is 9.71. The second kappa shape index (κ2) is 3.39. The van der Waals surface area contributed by atoms with E-state index in [1.165, 1.54) is 11.4 Å². The molecule has 0 amide bonds. The van der Waals surface area contributed by atoms with Gasteiger partial charge >= 0.3 is 0 Å². The largest absolute Gasteiger partial charge is 0.393 e. The number of aryl methyl sites for hydroxylation is 1. The molecule has 0 radical (unpaired) electrons. The van der Waals surface area contributed by atoms with Crippen molar-refractivity contribution >= 4 is 0 Å². The smallest absolute Gasteiger partial charge is 0.111 e. The van der Waals surface area contributed by atoms with Crippen molar-refractivity contribution in [2.75, 3.05) is 0 Å². The zero-order valence-electron chi connectivity index (χ0n) is 9.12. The van der Waals surface area contributed by atoms with Crippen LogP contribution in [0.5, 0.6) is 0 Å². The summed E-state index contributed by atoms with van der Waals surface area (Å²) < 4.78 is 2.16. The molecule has 3 nitrogen and oxygen atoms in total. The topological polar surface area (TPSA) is 38.0 Å². The molecule has 0 aromatic carbocycles. The lowest BCUT2D eigenvalue weighted by molar-refractivity contribution is 0.155. The Kier molecular flexibility index (Phi) is 2.35. The van der Waals surface area contributed by atoms with Crippen LogP contribution >= 0.6 is 0 Å². The van der Waals surface area contributed by atoms with Crippen LogP contribution in [0.4, 0.5) is 0 Å². The normalized spacial score (nSPS) is 21.4. The quantitative estimate of drug-likeness (QED) is 0.733. The molecule has 0 saturated carbocycles. The van der Waals surface area contributed by atoms with Gasteiger partial charge in [0.25, 0.3) is 0 Å². The molecule has 0 bridgehead atoms. The number of imidazole rings is 1. The molecule has 1 aliphatic carbocycles. The Balaban J connectivity index is 2.41. The summed E-state index contributed by atoms with van der Waals surface area (Å²) >= 11 is 0. The number of aliphatic hydroxyl groups is 1. The molecule has 78 valence electrons. The molecule has 1 heterocycles. The Hall–Kier alpha value is -0.830. The van der Waals surface area contributed by atoms with Gasteiger partial charge < -0.3 is 9.67 Å². The maximum atomic E-state index is 9.59. The maximum absolute atomic E-state index is 9.59. The molecule has 14 heavy (non-hydrogen) atoms. The van der Waals surface area contributed by atoms with E-state index in [-0.39, 0.29) is 6.10 Å². The fourth-order valence-electron chi connectivity index (χ4n) is 2.21. The van der Waals surface area contributed by atoms with E-state index in [1.54, 1.807) is 0 Å². The molecule has 1 N–H and O–H groups in total. The highest BCUT2D eigenvalue weighted by atomic mass is 16.3. The van der Waals surface area contributed by atoms with E-state index < -0.39 is 0 Å². The number of rotatable bonds is 1. The van der Waals surface area contributed by atoms with Crippen molar-refractivity contribution in [3.05, 3.63) is 17.2 Å². The Morgan fingerprint density at radius 3 is 2.86 bits per heavy atom. The van der Waals surface area contributed by atoms with Crippen molar-refractivity contribution in [1.82, 2.24) is 9.55 Å². The van der Waals surface area contributed by atoms with Crippen LogP contribution in [0.2, 0.25) is 0 Å². The molecule has 1 atom stereocenters. The zero-order chi connectivity index (χ0) is 10.3. The molecule has 0 spiro atoms. The van der Waals surface area contributed by atoms with Gasteiger partial charge in [0.1, 0.15) is 5.82 Å². The maximum Gasteiger partial charge on any atom is 0.111 e. The summed E-state index contributed by atoms with van der Waals surface area (Å²) in [5.74, 6) is 1.60. The fourth-order valence-corrected chi connectivity index (χ4v) is 2.21. The molecule has 1 aromatic rings. The first-order valence-electron chi connectivity index (χ1n) is 5.32. The second-order valence-electron chi connectivity index (χ2n) is 4.47. The number of hydrogen-bond acceptors (Lipinski definition) is 2. The Morgan fingerprint density at radius 1 is 1.50 bits per heavy atom. The minimum absolute atomic E-state index is 0.169. The standard InChI is InChI=1S/C11H18N2O/c1-7(2)11-12-9-5-4-8(14)6-10(9)13(11)3/h7-8,14H,4-6H2,1-3H3. The van der Waals surface area contributed by atoms with Crippen LogP contribution in [-0.4, -0.2) is 20.8 Å². The molecule has 0 saturated heterocycles. The molecular weight excluding hydrogens is 176 g/mol. The third-order valence-electron chi connectivity index (χ3n) is 2.99. The molecular formula is C11H18N2O. The van der Waals surface area contributed by atoms with E-state index >= 15 is 0 Å². The Morgan fingerprint density at radius 2 is 2.21 bits per heavy atom. The summed E-state index contributed by atoms with van der Waals surface area (Å²) in [6.45, 7) is 4.31. The predicted molar refractivity (Wildman–Crippen MR) is 55.3 cm³/mol. The van der Waals surface area contributed by atoms with Crippen LogP contribution in [0.15, 0.2) is 0 Å². The number of fused-ring (bicyclic) bond motifs is 1. The number of nitrogens with zero attached hydrogens (tertiary/aromatic N) is 2. The minimum Gasteiger partial charge on any atom is -0.393 e. The van der Waals surface area contributed by atoms with E-state index in [0.717, 1.165) is 25.1 Å². The van der Waals surface area contributed by atoms with Crippen molar-refractivity contribution in [1.29, 1.82) is 0 Å². The summed E-state index contributed by atoms with van der Waals surface area (Å²) in [6, 6.07) is 0. The van der Waals surface area contributed by atoms with Crippen molar-refractivity contribution in [2.24, 2.45) is 7.05 Å². The van der Waals surface area contributed by atoms with Crippen LogP contribution < -0.4 is 0 Å². The molecule has 3 heteroatoms. The Labute approximate surface area is 84.8 Å². The highest BCUT2D eigenvalue weighted by Gasteiger charge is 2.23. The number of aliphatic hydroxyl groups excluding tert-OH is 1. The summed E-state index contributed by atoms with van der Waals surface area (Å²) in [5, 5.41) is 9.59. The van der Waals surface area contributed by atoms with Gasteiger partial charge in [-0.15, -0.1) is 0 Å². The molecule has 1 unspecified atom stereocenters. The molecule has 1 aromatic heterocycles. The van der Waals surface area contributed by atoms with E-state index in [4.69, 9.17) is 0 Å². The van der Waals surface area contributed by atoms with Gasteiger partial charge in [-0.1, -0.05) is 13.8 Å². The zero-order valence-corrected chi connectivity index (χ0v) is 9.12. The number of hydrogen-bond donors (Lipinski definition) is 1. The van der Waals surface area contributed by atoms with Gasteiger partial charge in [0, 0.05) is 25.1 Å². The Bertz CT molecular complexity index is 341. The summed E-state index contributed by atoms with van der Waals surface area (Å²) in [7, 11) is 2.05. The average Bonchev–Trinajstić information content (AvgIpc) is 2.44. The van der Waals surface area contributed by atoms with Crippen molar-refractivity contribution < 1.29 is 5.11 Å². The summed E-state index contributed by atoms with van der Waals surface area (Å²) in [5.41, 5.74) is 2.42. The van der Waals surface area contributed by atoms with Gasteiger partial charge in [-0.05, 0) is 12.8 Å². The summed E-state index contributed by atoms with van der Waals surface area (Å²) in [6.07, 6.45) is 2.39. The first-order valence-corrected chi connectivity index (χ1v) is 5.32. The van der Waals surface area contributed by atoms with Crippen molar-refractivity contribution in [3.8, 4) is 0 Å². The predicted octanol–water partition coefficient (Wildman–Crippen LogP) is 1.39. The van der Waals surface area contributed by atoms with Gasteiger partial charge in [0.2, 0.25) is 0 Å². The van der Waals surface area contributed by atoms with Gasteiger partial charge in [0.15, 0.2) is 0 Å². The molecule has 2 rings (SSSR count). The molecule has 0 fully saturated rings. The van der Waals surface area contributed by atoms with Crippen LogP contribution in [0, 0.1) is 0 Å². The lowest BCUT2D eigenvalue weighted by Crippen LogP contribution is -2.20.